The molecular weight excluding hydrogens is 300 g/mol. The predicted octanol–water partition coefficient (Wildman–Crippen LogP) is 0.635. The van der Waals surface area contributed by atoms with Crippen molar-refractivity contribution in [2.75, 3.05) is 20.2 Å². The Balaban J connectivity index is 1.85. The zero-order valence-electron chi connectivity index (χ0n) is 12.9. The van der Waals surface area contributed by atoms with Crippen LogP contribution in [-0.4, -0.2) is 48.0 Å². The fraction of sp³-hybridized carbons (Fsp3) is 0.438. The van der Waals surface area contributed by atoms with Crippen molar-refractivity contribution in [3.63, 3.8) is 0 Å². The van der Waals surface area contributed by atoms with Crippen LogP contribution in [0.2, 0.25) is 0 Å². The first kappa shape index (κ1) is 16.8. The molecule has 0 bridgehead atoms. The summed E-state index contributed by atoms with van der Waals surface area (Å²) in [6.07, 6.45) is 0.903. The molecule has 7 heteroatoms. The van der Waals surface area contributed by atoms with E-state index in [1.165, 1.54) is 0 Å². The van der Waals surface area contributed by atoms with Gasteiger partial charge >= 0.3 is 5.97 Å². The van der Waals surface area contributed by atoms with Crippen LogP contribution in [0.15, 0.2) is 24.3 Å². The summed E-state index contributed by atoms with van der Waals surface area (Å²) >= 11 is 0. The molecule has 1 aromatic rings. The van der Waals surface area contributed by atoms with E-state index >= 15 is 0 Å². The van der Waals surface area contributed by atoms with E-state index in [1.54, 1.807) is 30.1 Å². The standard InChI is InChI=1S/C16H20N2O5/c1-18-6-5-12(8-14(18)19)16(22)17-9-11-3-2-4-13(7-11)23-10-15(20)21/h2-4,7,12H,5-6,8-10H2,1H3,(H,17,22)(H,20,21)/t12-/m0/s1. The predicted molar refractivity (Wildman–Crippen MR) is 81.8 cm³/mol. The molecule has 1 aliphatic heterocycles. The highest BCUT2D eigenvalue weighted by molar-refractivity contribution is 5.86. The molecule has 1 atom stereocenters. The number of likely N-dealkylation sites (tertiary alicyclic amines) is 1. The lowest BCUT2D eigenvalue weighted by atomic mass is 9.95. The summed E-state index contributed by atoms with van der Waals surface area (Å²) in [6.45, 7) is 0.493. The number of rotatable bonds is 6. The number of piperidine rings is 1. The van der Waals surface area contributed by atoms with E-state index in [9.17, 15) is 14.4 Å². The monoisotopic (exact) mass is 320 g/mol. The van der Waals surface area contributed by atoms with Crippen LogP contribution in [0.5, 0.6) is 5.75 Å². The van der Waals surface area contributed by atoms with Crippen molar-refractivity contribution in [1.29, 1.82) is 0 Å². The minimum Gasteiger partial charge on any atom is -0.482 e. The van der Waals surface area contributed by atoms with Crippen LogP contribution in [0.3, 0.4) is 0 Å². The van der Waals surface area contributed by atoms with Crippen molar-refractivity contribution in [2.24, 2.45) is 5.92 Å². The van der Waals surface area contributed by atoms with Gasteiger partial charge in [0.1, 0.15) is 5.75 Å². The van der Waals surface area contributed by atoms with Gasteiger partial charge in [-0.15, -0.1) is 0 Å². The molecule has 1 aromatic carbocycles. The molecule has 0 radical (unpaired) electrons. The Labute approximate surface area is 134 Å². The molecule has 0 spiro atoms. The first-order valence-corrected chi connectivity index (χ1v) is 7.41. The van der Waals surface area contributed by atoms with Crippen LogP contribution >= 0.6 is 0 Å². The molecule has 1 heterocycles. The van der Waals surface area contributed by atoms with E-state index in [0.717, 1.165) is 5.56 Å². The molecule has 0 aromatic heterocycles. The maximum absolute atomic E-state index is 12.1. The fourth-order valence-corrected chi connectivity index (χ4v) is 2.39. The van der Waals surface area contributed by atoms with Crippen LogP contribution in [0.4, 0.5) is 0 Å². The van der Waals surface area contributed by atoms with Gasteiger partial charge in [-0.1, -0.05) is 12.1 Å². The van der Waals surface area contributed by atoms with Gasteiger partial charge in [0.05, 0.1) is 0 Å². The molecule has 2 N–H and O–H groups in total. The number of ether oxygens (including phenoxy) is 1. The summed E-state index contributed by atoms with van der Waals surface area (Å²) in [6, 6.07) is 6.89. The number of nitrogens with zero attached hydrogens (tertiary/aromatic N) is 1. The number of carbonyl (C=O) groups is 3. The van der Waals surface area contributed by atoms with E-state index in [0.29, 0.717) is 25.3 Å². The molecule has 2 rings (SSSR count). The number of benzene rings is 1. The number of carboxylic acids is 1. The lowest BCUT2D eigenvalue weighted by Gasteiger charge is -2.27. The molecule has 23 heavy (non-hydrogen) atoms. The average Bonchev–Trinajstić information content (AvgIpc) is 2.53. The van der Waals surface area contributed by atoms with E-state index < -0.39 is 12.6 Å². The molecule has 1 aliphatic rings. The third-order valence-corrected chi connectivity index (χ3v) is 3.76. The Morgan fingerprint density at radius 2 is 2.22 bits per heavy atom. The second kappa shape index (κ2) is 7.62. The van der Waals surface area contributed by atoms with Crippen molar-refractivity contribution in [1.82, 2.24) is 10.2 Å². The van der Waals surface area contributed by atoms with Gasteiger partial charge in [-0.25, -0.2) is 4.79 Å². The summed E-state index contributed by atoms with van der Waals surface area (Å²) in [5, 5.41) is 11.4. The van der Waals surface area contributed by atoms with Crippen LogP contribution in [0, 0.1) is 5.92 Å². The number of hydrogen-bond donors (Lipinski definition) is 2. The summed E-state index contributed by atoms with van der Waals surface area (Å²) in [7, 11) is 1.74. The number of nitrogens with one attached hydrogen (secondary N) is 1. The molecule has 0 aliphatic carbocycles. The van der Waals surface area contributed by atoms with Crippen LogP contribution in [0.25, 0.3) is 0 Å². The summed E-state index contributed by atoms with van der Waals surface area (Å²) in [4.78, 5) is 35.9. The van der Waals surface area contributed by atoms with Gasteiger partial charge in [-0.2, -0.15) is 0 Å². The third-order valence-electron chi connectivity index (χ3n) is 3.76. The van der Waals surface area contributed by atoms with Crippen molar-refractivity contribution >= 4 is 17.8 Å². The molecule has 1 fully saturated rings. The van der Waals surface area contributed by atoms with Gasteiger partial charge in [-0.3, -0.25) is 9.59 Å². The molecule has 1 saturated heterocycles. The van der Waals surface area contributed by atoms with Crippen LogP contribution in [0.1, 0.15) is 18.4 Å². The maximum Gasteiger partial charge on any atom is 0.341 e. The summed E-state index contributed by atoms with van der Waals surface area (Å²) in [5.74, 6) is -1.04. The van der Waals surface area contributed by atoms with Gasteiger partial charge in [0, 0.05) is 32.5 Å². The third kappa shape index (κ3) is 4.98. The first-order chi connectivity index (χ1) is 11.0. The van der Waals surface area contributed by atoms with Crippen molar-refractivity contribution < 1.29 is 24.2 Å². The Morgan fingerprint density at radius 3 is 2.91 bits per heavy atom. The van der Waals surface area contributed by atoms with Crippen molar-refractivity contribution in [3.8, 4) is 5.75 Å². The molecule has 7 nitrogen and oxygen atoms in total. The fourth-order valence-electron chi connectivity index (χ4n) is 2.39. The van der Waals surface area contributed by atoms with Gasteiger partial charge in [0.15, 0.2) is 6.61 Å². The molecule has 124 valence electrons. The number of carboxylic acid groups (broad SMARTS) is 1. The Bertz CT molecular complexity index is 602. The highest BCUT2D eigenvalue weighted by Crippen LogP contribution is 2.18. The Hall–Kier alpha value is -2.57. The van der Waals surface area contributed by atoms with Gasteiger partial charge in [0.25, 0.3) is 0 Å². The molecule has 0 saturated carbocycles. The number of aliphatic carboxylic acids is 1. The topological polar surface area (TPSA) is 95.9 Å². The summed E-state index contributed by atoms with van der Waals surface area (Å²) in [5.41, 5.74) is 0.806. The smallest absolute Gasteiger partial charge is 0.341 e. The second-order valence-corrected chi connectivity index (χ2v) is 5.55. The van der Waals surface area contributed by atoms with Crippen molar-refractivity contribution in [2.45, 2.75) is 19.4 Å². The minimum absolute atomic E-state index is 0.0135. The zero-order valence-corrected chi connectivity index (χ0v) is 12.9. The van der Waals surface area contributed by atoms with Crippen molar-refractivity contribution in [3.05, 3.63) is 29.8 Å². The number of amides is 2. The van der Waals surface area contributed by atoms with E-state index in [2.05, 4.69) is 5.32 Å². The number of hydrogen-bond acceptors (Lipinski definition) is 4. The van der Waals surface area contributed by atoms with Crippen LogP contribution < -0.4 is 10.1 Å². The molecule has 2 amide bonds. The SMILES string of the molecule is CN1CC[C@H](C(=O)NCc2cccc(OCC(=O)O)c2)CC1=O. The number of carbonyl (C=O) groups excluding carboxylic acids is 2. The van der Waals surface area contributed by atoms with E-state index in [4.69, 9.17) is 9.84 Å². The normalized spacial score (nSPS) is 17.7. The average molecular weight is 320 g/mol. The van der Waals surface area contributed by atoms with Gasteiger partial charge in [-0.05, 0) is 24.1 Å². The minimum atomic E-state index is -1.05. The zero-order chi connectivity index (χ0) is 16.8. The lowest BCUT2D eigenvalue weighted by Crippen LogP contribution is -2.41. The largest absolute Gasteiger partial charge is 0.482 e. The maximum atomic E-state index is 12.1. The van der Waals surface area contributed by atoms with E-state index in [-0.39, 0.29) is 24.2 Å². The Morgan fingerprint density at radius 1 is 1.43 bits per heavy atom. The van der Waals surface area contributed by atoms with E-state index in [1.807, 2.05) is 6.07 Å². The summed E-state index contributed by atoms with van der Waals surface area (Å²) < 4.78 is 5.09. The highest BCUT2D eigenvalue weighted by atomic mass is 16.5. The lowest BCUT2D eigenvalue weighted by molar-refractivity contribution is -0.139. The van der Waals surface area contributed by atoms with Gasteiger partial charge in [0.2, 0.25) is 11.8 Å². The highest BCUT2D eigenvalue weighted by Gasteiger charge is 2.28. The molecule has 0 unspecified atom stereocenters. The quantitative estimate of drug-likeness (QED) is 0.802. The first-order valence-electron chi connectivity index (χ1n) is 7.41. The Kier molecular flexibility index (Phi) is 5.56. The van der Waals surface area contributed by atoms with Gasteiger partial charge < -0.3 is 20.1 Å². The second-order valence-electron chi connectivity index (χ2n) is 5.55. The van der Waals surface area contributed by atoms with Crippen LogP contribution in [-0.2, 0) is 20.9 Å². The molecular formula is C16H20N2O5.